The molecule has 37 heavy (non-hydrogen) atoms. The minimum Gasteiger partial charge on any atom is -0.504 e. The average Bonchev–Trinajstić information content (AvgIpc) is 3.20. The Balaban J connectivity index is 1.27. The van der Waals surface area contributed by atoms with Crippen molar-refractivity contribution in [3.05, 3.63) is 59.2 Å². The zero-order valence-electron chi connectivity index (χ0n) is 20.7. The number of piperidine rings is 1. The Hall–Kier alpha value is -3.20. The van der Waals surface area contributed by atoms with E-state index in [1.165, 1.54) is 35.9 Å². The van der Waals surface area contributed by atoms with Gasteiger partial charge in [-0.1, -0.05) is 18.2 Å². The number of phenols is 1. The number of amides is 1. The second kappa shape index (κ2) is 8.41. The summed E-state index contributed by atoms with van der Waals surface area (Å²) in [6, 6.07) is 9.44. The Morgan fingerprint density at radius 3 is 2.86 bits per heavy atom. The van der Waals surface area contributed by atoms with E-state index < -0.39 is 6.36 Å². The largest absolute Gasteiger partial charge is 0.573 e. The van der Waals surface area contributed by atoms with E-state index in [0.717, 1.165) is 37.8 Å². The summed E-state index contributed by atoms with van der Waals surface area (Å²) in [6.45, 7) is 0.927. The van der Waals surface area contributed by atoms with Gasteiger partial charge in [-0.15, -0.1) is 13.2 Å². The Kier molecular flexibility index (Phi) is 5.49. The third-order valence-corrected chi connectivity index (χ3v) is 8.92. The van der Waals surface area contributed by atoms with Gasteiger partial charge in [0.05, 0.1) is 6.04 Å². The third kappa shape index (κ3) is 3.77. The topological polar surface area (TPSA) is 62.2 Å². The second-order valence-electron chi connectivity index (χ2n) is 10.7. The number of likely N-dealkylation sites (N-methyl/N-ethyl adjacent to an activating group) is 2. The zero-order valence-corrected chi connectivity index (χ0v) is 20.7. The fourth-order valence-corrected chi connectivity index (χ4v) is 7.37. The molecule has 1 amide bonds. The third-order valence-electron chi connectivity index (χ3n) is 8.92. The minimum absolute atomic E-state index is 0.146. The van der Waals surface area contributed by atoms with Crippen LogP contribution in [0.15, 0.2) is 42.5 Å². The van der Waals surface area contributed by atoms with Gasteiger partial charge in [-0.2, -0.15) is 0 Å². The first-order chi connectivity index (χ1) is 17.6. The number of aromatic hydroxyl groups is 1. The predicted molar refractivity (Wildman–Crippen MR) is 130 cm³/mol. The van der Waals surface area contributed by atoms with Crippen LogP contribution < -0.4 is 9.47 Å². The van der Waals surface area contributed by atoms with Crippen LogP contribution in [0.4, 0.5) is 13.2 Å². The summed E-state index contributed by atoms with van der Waals surface area (Å²) in [5.41, 5.74) is 2.53. The summed E-state index contributed by atoms with van der Waals surface area (Å²) in [4.78, 5) is 17.4. The van der Waals surface area contributed by atoms with Crippen LogP contribution in [-0.4, -0.2) is 66.0 Å². The molecule has 196 valence electrons. The van der Waals surface area contributed by atoms with Crippen molar-refractivity contribution in [1.82, 2.24) is 9.80 Å². The van der Waals surface area contributed by atoms with Crippen molar-refractivity contribution in [2.75, 3.05) is 20.6 Å². The first-order valence-corrected chi connectivity index (χ1v) is 12.6. The molecule has 2 fully saturated rings. The lowest BCUT2D eigenvalue weighted by atomic mass is 9.51. The highest BCUT2D eigenvalue weighted by molar-refractivity contribution is 5.92. The van der Waals surface area contributed by atoms with Gasteiger partial charge in [0.25, 0.3) is 0 Å². The van der Waals surface area contributed by atoms with Crippen molar-refractivity contribution in [2.24, 2.45) is 5.92 Å². The highest BCUT2D eigenvalue weighted by Gasteiger charge is 2.66. The maximum absolute atomic E-state index is 13.3. The van der Waals surface area contributed by atoms with E-state index in [0.29, 0.717) is 23.3 Å². The number of nitrogens with zero attached hydrogens (tertiary/aromatic N) is 2. The van der Waals surface area contributed by atoms with Gasteiger partial charge in [0.2, 0.25) is 5.91 Å². The van der Waals surface area contributed by atoms with E-state index in [1.807, 2.05) is 6.07 Å². The average molecular weight is 515 g/mol. The molecule has 2 bridgehead atoms. The molecule has 6 nitrogen and oxygen atoms in total. The van der Waals surface area contributed by atoms with Crippen LogP contribution in [0.25, 0.3) is 6.08 Å². The minimum atomic E-state index is -4.78. The summed E-state index contributed by atoms with van der Waals surface area (Å²) >= 11 is 0. The van der Waals surface area contributed by atoms with E-state index in [1.54, 1.807) is 24.1 Å². The van der Waals surface area contributed by atoms with E-state index in [4.69, 9.17) is 4.74 Å². The van der Waals surface area contributed by atoms with Gasteiger partial charge in [0, 0.05) is 30.1 Å². The Morgan fingerprint density at radius 2 is 2.08 bits per heavy atom. The van der Waals surface area contributed by atoms with Crippen LogP contribution >= 0.6 is 0 Å². The number of halogens is 3. The number of hydrogen-bond acceptors (Lipinski definition) is 5. The van der Waals surface area contributed by atoms with Crippen LogP contribution in [-0.2, 0) is 16.6 Å². The predicted octanol–water partition coefficient (Wildman–Crippen LogP) is 4.50. The summed E-state index contributed by atoms with van der Waals surface area (Å²) < 4.78 is 48.2. The first-order valence-electron chi connectivity index (χ1n) is 12.6. The summed E-state index contributed by atoms with van der Waals surface area (Å²) in [7, 11) is 3.93. The van der Waals surface area contributed by atoms with Crippen LogP contribution in [0.2, 0.25) is 0 Å². The van der Waals surface area contributed by atoms with Gasteiger partial charge in [-0.3, -0.25) is 4.79 Å². The quantitative estimate of drug-likeness (QED) is 0.609. The number of phenolic OH excluding ortho intramolecular Hbond substituents is 1. The number of rotatable bonds is 4. The standard InChI is InChI=1S/C28H29F3N2O4/c1-32-13-12-27-19-8-9-20(26(27)36-25-22(34)10-7-17(24(25)27)15-21(19)32)33(2)23(35)11-6-16-4-3-5-18(14-16)37-28(29,30)31/h3-7,10-11,14,19-21,26,34H,8-9,12-13,15H2,1-2H3/t19-,20-,21+,26-,27-/m0/s1. The molecule has 0 unspecified atom stereocenters. The molecule has 2 aromatic rings. The molecule has 2 aliphatic carbocycles. The molecule has 1 spiro atoms. The zero-order chi connectivity index (χ0) is 26.1. The number of alkyl halides is 3. The van der Waals surface area contributed by atoms with Gasteiger partial charge >= 0.3 is 6.36 Å². The SMILES string of the molecule is CN1CC[C@]23c4c5ccc(O)c4O[C@H]2[C@@H](N(C)C(=O)C=Cc2cccc(OC(F)(F)F)c2)CC[C@H]3[C@H]1C5. The Morgan fingerprint density at radius 1 is 1.27 bits per heavy atom. The van der Waals surface area contributed by atoms with Gasteiger partial charge in [0.1, 0.15) is 11.9 Å². The lowest BCUT2D eigenvalue weighted by Gasteiger charge is -2.59. The van der Waals surface area contributed by atoms with E-state index in [-0.39, 0.29) is 35.0 Å². The van der Waals surface area contributed by atoms with Crippen molar-refractivity contribution in [3.8, 4) is 17.2 Å². The summed E-state index contributed by atoms with van der Waals surface area (Å²) in [5.74, 6) is 0.506. The highest BCUT2D eigenvalue weighted by Crippen LogP contribution is 2.64. The molecule has 2 heterocycles. The van der Waals surface area contributed by atoms with Crippen LogP contribution in [0.3, 0.4) is 0 Å². The van der Waals surface area contributed by atoms with Gasteiger partial charge < -0.3 is 24.4 Å². The van der Waals surface area contributed by atoms with Crippen molar-refractivity contribution < 1.29 is 32.5 Å². The molecule has 0 radical (unpaired) electrons. The number of carbonyl (C=O) groups excluding carboxylic acids is 1. The molecule has 5 atom stereocenters. The Labute approximate surface area is 213 Å². The molecule has 2 aromatic carbocycles. The van der Waals surface area contributed by atoms with Crippen molar-refractivity contribution in [3.63, 3.8) is 0 Å². The van der Waals surface area contributed by atoms with Crippen LogP contribution in [0, 0.1) is 5.92 Å². The fraction of sp³-hybridized carbons (Fsp3) is 0.464. The van der Waals surface area contributed by atoms with Crippen LogP contribution in [0.1, 0.15) is 36.0 Å². The lowest BCUT2D eigenvalue weighted by Crippen LogP contribution is -2.68. The number of likely N-dealkylation sites (tertiary alicyclic amines) is 1. The smallest absolute Gasteiger partial charge is 0.504 e. The maximum Gasteiger partial charge on any atom is 0.573 e. The molecule has 2 aliphatic heterocycles. The number of ether oxygens (including phenoxy) is 2. The molecule has 1 saturated heterocycles. The second-order valence-corrected chi connectivity index (χ2v) is 10.7. The maximum atomic E-state index is 13.3. The van der Waals surface area contributed by atoms with Crippen molar-refractivity contribution in [2.45, 2.75) is 55.6 Å². The molecule has 4 aliphatic rings. The molecule has 1 N–H and O–H groups in total. The normalized spacial score (nSPS) is 30.1. The summed E-state index contributed by atoms with van der Waals surface area (Å²) in [5, 5.41) is 10.7. The summed E-state index contributed by atoms with van der Waals surface area (Å²) in [6.07, 6.45) is 1.38. The van der Waals surface area contributed by atoms with Crippen LogP contribution in [0.5, 0.6) is 17.2 Å². The number of carbonyl (C=O) groups is 1. The molecule has 6 rings (SSSR count). The Bertz CT molecular complexity index is 1280. The number of benzene rings is 2. The molecule has 9 heteroatoms. The van der Waals surface area contributed by atoms with Gasteiger partial charge in [-0.25, -0.2) is 0 Å². The fourth-order valence-electron chi connectivity index (χ4n) is 7.37. The molecule has 1 saturated carbocycles. The van der Waals surface area contributed by atoms with Crippen molar-refractivity contribution >= 4 is 12.0 Å². The molecule has 0 aromatic heterocycles. The lowest BCUT2D eigenvalue weighted by molar-refractivity contribution is -0.274. The highest BCUT2D eigenvalue weighted by atomic mass is 19.4. The van der Waals surface area contributed by atoms with Gasteiger partial charge in [0.15, 0.2) is 11.5 Å². The van der Waals surface area contributed by atoms with E-state index in [2.05, 4.69) is 16.7 Å². The van der Waals surface area contributed by atoms with Crippen molar-refractivity contribution in [1.29, 1.82) is 0 Å². The molecular formula is C28H29F3N2O4. The molecular weight excluding hydrogens is 485 g/mol. The monoisotopic (exact) mass is 514 g/mol. The number of hydrogen-bond donors (Lipinski definition) is 1. The van der Waals surface area contributed by atoms with E-state index >= 15 is 0 Å². The van der Waals surface area contributed by atoms with E-state index in [9.17, 15) is 23.1 Å². The first kappa shape index (κ1) is 24.2. The van der Waals surface area contributed by atoms with Gasteiger partial charge in [-0.05, 0) is 80.6 Å².